The lowest BCUT2D eigenvalue weighted by atomic mass is 9.93. The normalized spacial score (nSPS) is 11.4. The monoisotopic (exact) mass is 230 g/mol. The minimum absolute atomic E-state index is 0.494. The van der Waals surface area contributed by atoms with Crippen molar-refractivity contribution in [2.45, 2.75) is 25.7 Å². The van der Waals surface area contributed by atoms with E-state index in [0.29, 0.717) is 11.5 Å². The van der Waals surface area contributed by atoms with Gasteiger partial charge in [-0.05, 0) is 48.2 Å². The molecule has 0 radical (unpaired) electrons. The smallest absolute Gasteiger partial charge is 0.133 e. The van der Waals surface area contributed by atoms with Crippen LogP contribution in [0.5, 0.6) is 0 Å². The van der Waals surface area contributed by atoms with Gasteiger partial charge in [0.1, 0.15) is 5.40 Å². The predicted octanol–water partition coefficient (Wildman–Crippen LogP) is 3.66. The summed E-state index contributed by atoms with van der Waals surface area (Å²) in [5.41, 5.74) is 1.96. The number of benzene rings is 1. The van der Waals surface area contributed by atoms with E-state index >= 15 is 0 Å². The number of thiocyanates is 1. The highest BCUT2D eigenvalue weighted by atomic mass is 32.2. The van der Waals surface area contributed by atoms with Crippen LogP contribution in [0.4, 0.5) is 0 Å². The number of rotatable bonds is 5. The number of hydrogen-bond donors (Lipinski definition) is 0. The van der Waals surface area contributed by atoms with Crippen molar-refractivity contribution in [3.63, 3.8) is 0 Å². The molecule has 0 aliphatic carbocycles. The van der Waals surface area contributed by atoms with Crippen LogP contribution in [-0.2, 0) is 0 Å². The van der Waals surface area contributed by atoms with Crippen LogP contribution in [0, 0.1) is 22.0 Å². The summed E-state index contributed by atoms with van der Waals surface area (Å²) in [4.78, 5) is 0. The maximum Gasteiger partial charge on any atom is 0.133 e. The van der Waals surface area contributed by atoms with E-state index in [2.05, 4.69) is 18.4 Å². The molecule has 0 amide bonds. The molecule has 3 heteroatoms. The second kappa shape index (κ2) is 6.93. The molecule has 0 aliphatic heterocycles. The maximum atomic E-state index is 8.71. The van der Waals surface area contributed by atoms with Crippen molar-refractivity contribution in [2.24, 2.45) is 0 Å². The van der Waals surface area contributed by atoms with Gasteiger partial charge >= 0.3 is 0 Å². The Labute approximate surface area is 101 Å². The molecule has 1 rings (SSSR count). The van der Waals surface area contributed by atoms with Crippen molar-refractivity contribution in [1.82, 2.24) is 0 Å². The summed E-state index contributed by atoms with van der Waals surface area (Å²) in [5.74, 6) is 1.36. The first kappa shape index (κ1) is 12.6. The predicted molar refractivity (Wildman–Crippen MR) is 66.9 cm³/mol. The van der Waals surface area contributed by atoms with Crippen LogP contribution >= 0.6 is 11.8 Å². The third-order valence-corrected chi connectivity index (χ3v) is 3.21. The first-order valence-corrected chi connectivity index (χ1v) is 6.31. The Morgan fingerprint density at radius 2 is 1.94 bits per heavy atom. The molecule has 1 aromatic rings. The number of nitrogens with zero attached hydrogens (tertiary/aromatic N) is 2. The van der Waals surface area contributed by atoms with Crippen LogP contribution in [0.15, 0.2) is 24.3 Å². The Balaban J connectivity index is 2.65. The van der Waals surface area contributed by atoms with Gasteiger partial charge in [0.25, 0.3) is 0 Å². The molecule has 0 N–H and O–H groups in total. The lowest BCUT2D eigenvalue weighted by Crippen LogP contribution is -1.98. The summed E-state index contributed by atoms with van der Waals surface area (Å²) < 4.78 is 0. The Morgan fingerprint density at radius 1 is 1.25 bits per heavy atom. The van der Waals surface area contributed by atoms with Gasteiger partial charge in [-0.15, -0.1) is 0 Å². The van der Waals surface area contributed by atoms with Gasteiger partial charge in [0, 0.05) is 5.75 Å². The highest BCUT2D eigenvalue weighted by Crippen LogP contribution is 2.25. The molecule has 0 aromatic heterocycles. The largest absolute Gasteiger partial charge is 0.192 e. The van der Waals surface area contributed by atoms with Gasteiger partial charge in [0.15, 0.2) is 0 Å². The second-order valence-corrected chi connectivity index (χ2v) is 4.45. The molecule has 0 heterocycles. The average molecular weight is 230 g/mol. The lowest BCUT2D eigenvalue weighted by Gasteiger charge is -2.14. The van der Waals surface area contributed by atoms with Crippen LogP contribution < -0.4 is 0 Å². The molecular formula is C13H14N2S. The maximum absolute atomic E-state index is 8.71. The van der Waals surface area contributed by atoms with Gasteiger partial charge in [-0.3, -0.25) is 0 Å². The summed E-state index contributed by atoms with van der Waals surface area (Å²) in [6, 6.07) is 9.86. The van der Waals surface area contributed by atoms with Crippen molar-refractivity contribution in [1.29, 1.82) is 10.5 Å². The first-order chi connectivity index (χ1) is 7.81. The van der Waals surface area contributed by atoms with Gasteiger partial charge in [-0.2, -0.15) is 10.5 Å². The Hall–Kier alpha value is -1.45. The summed E-state index contributed by atoms with van der Waals surface area (Å²) in [7, 11) is 0. The highest BCUT2D eigenvalue weighted by Gasteiger charge is 2.08. The van der Waals surface area contributed by atoms with Crippen molar-refractivity contribution in [3.8, 4) is 11.5 Å². The van der Waals surface area contributed by atoms with E-state index in [1.807, 2.05) is 24.3 Å². The first-order valence-electron chi connectivity index (χ1n) is 5.32. The number of hydrogen-bond acceptors (Lipinski definition) is 3. The number of thioether (sulfide) groups is 1. The van der Waals surface area contributed by atoms with Crippen molar-refractivity contribution >= 4 is 11.8 Å². The fourth-order valence-electron chi connectivity index (χ4n) is 1.68. The quantitative estimate of drug-likeness (QED) is 0.573. The highest BCUT2D eigenvalue weighted by molar-refractivity contribution is 8.03. The molecule has 0 saturated carbocycles. The standard InChI is InChI=1S/C13H14N2S/c1-2-12(7-8-16-10-15)13-5-3-11(9-14)4-6-13/h3-6,12H,2,7-8H2,1H3. The SMILES string of the molecule is CCC(CCSC#N)c1ccc(C#N)cc1. The zero-order valence-corrected chi connectivity index (χ0v) is 10.1. The molecule has 0 bridgehead atoms. The summed E-state index contributed by atoms with van der Waals surface area (Å²) in [6.07, 6.45) is 2.08. The van der Waals surface area contributed by atoms with Crippen molar-refractivity contribution in [2.75, 3.05) is 5.75 Å². The molecule has 0 saturated heterocycles. The molecule has 1 unspecified atom stereocenters. The zero-order chi connectivity index (χ0) is 11.8. The molecule has 1 aromatic carbocycles. The minimum Gasteiger partial charge on any atom is -0.192 e. The van der Waals surface area contributed by atoms with E-state index in [4.69, 9.17) is 10.5 Å². The van der Waals surface area contributed by atoms with Gasteiger partial charge in [0.05, 0.1) is 11.6 Å². The molecular weight excluding hydrogens is 216 g/mol. The van der Waals surface area contributed by atoms with E-state index in [1.165, 1.54) is 17.3 Å². The summed E-state index contributed by atoms with van der Waals surface area (Å²) in [5, 5.41) is 19.3. The van der Waals surface area contributed by atoms with Gasteiger partial charge in [0.2, 0.25) is 0 Å². The third kappa shape index (κ3) is 3.61. The van der Waals surface area contributed by atoms with Crippen LogP contribution in [-0.4, -0.2) is 5.75 Å². The third-order valence-electron chi connectivity index (χ3n) is 2.64. The van der Waals surface area contributed by atoms with Crippen LogP contribution in [0.25, 0.3) is 0 Å². The molecule has 0 spiro atoms. The lowest BCUT2D eigenvalue weighted by molar-refractivity contribution is 0.647. The molecule has 2 nitrogen and oxygen atoms in total. The molecule has 82 valence electrons. The molecule has 0 fully saturated rings. The Kier molecular flexibility index (Phi) is 5.46. The molecule has 0 aliphatic rings. The van der Waals surface area contributed by atoms with Gasteiger partial charge in [-0.25, -0.2) is 0 Å². The van der Waals surface area contributed by atoms with Gasteiger partial charge in [-0.1, -0.05) is 19.1 Å². The number of nitriles is 2. The summed E-state index contributed by atoms with van der Waals surface area (Å²) >= 11 is 1.31. The van der Waals surface area contributed by atoms with E-state index in [-0.39, 0.29) is 0 Å². The van der Waals surface area contributed by atoms with Crippen LogP contribution in [0.2, 0.25) is 0 Å². The zero-order valence-electron chi connectivity index (χ0n) is 9.31. The van der Waals surface area contributed by atoms with Gasteiger partial charge < -0.3 is 0 Å². The van der Waals surface area contributed by atoms with E-state index in [0.717, 1.165) is 18.6 Å². The van der Waals surface area contributed by atoms with E-state index in [1.54, 1.807) is 0 Å². The topological polar surface area (TPSA) is 47.6 Å². The Bertz CT molecular complexity index is 397. The van der Waals surface area contributed by atoms with Crippen LogP contribution in [0.3, 0.4) is 0 Å². The van der Waals surface area contributed by atoms with E-state index in [9.17, 15) is 0 Å². The fourth-order valence-corrected chi connectivity index (χ4v) is 2.18. The summed E-state index contributed by atoms with van der Waals surface area (Å²) in [6.45, 7) is 2.15. The Morgan fingerprint density at radius 3 is 2.44 bits per heavy atom. The second-order valence-electron chi connectivity index (χ2n) is 3.57. The van der Waals surface area contributed by atoms with Crippen molar-refractivity contribution < 1.29 is 0 Å². The minimum atomic E-state index is 0.494. The fraction of sp³-hybridized carbons (Fsp3) is 0.385. The van der Waals surface area contributed by atoms with E-state index < -0.39 is 0 Å². The molecule has 16 heavy (non-hydrogen) atoms. The van der Waals surface area contributed by atoms with Crippen molar-refractivity contribution in [3.05, 3.63) is 35.4 Å². The molecule has 1 atom stereocenters. The van der Waals surface area contributed by atoms with Crippen LogP contribution in [0.1, 0.15) is 36.8 Å². The average Bonchev–Trinajstić information content (AvgIpc) is 2.35.